The maximum atomic E-state index is 12.2. The van der Waals surface area contributed by atoms with Gasteiger partial charge in [0.05, 0.1) is 16.9 Å². The first-order valence-corrected chi connectivity index (χ1v) is 9.80. The number of nitrogens with zero attached hydrogens (tertiary/aromatic N) is 3. The third-order valence-corrected chi connectivity index (χ3v) is 5.05. The van der Waals surface area contributed by atoms with Gasteiger partial charge in [0, 0.05) is 41.7 Å². The van der Waals surface area contributed by atoms with Crippen molar-refractivity contribution >= 4 is 34.0 Å². The minimum Gasteiger partial charge on any atom is -0.441 e. The van der Waals surface area contributed by atoms with Gasteiger partial charge in [0.15, 0.2) is 16.8 Å². The maximum Gasteiger partial charge on any atom is 0.226 e. The van der Waals surface area contributed by atoms with Crippen LogP contribution < -0.4 is 5.32 Å². The lowest BCUT2D eigenvalue weighted by Crippen LogP contribution is -2.12. The molecule has 4 aromatic rings. The van der Waals surface area contributed by atoms with E-state index in [-0.39, 0.29) is 12.3 Å². The highest BCUT2D eigenvalue weighted by Gasteiger charge is 2.12. The Morgan fingerprint density at radius 1 is 1.18 bits per heavy atom. The van der Waals surface area contributed by atoms with E-state index in [1.54, 1.807) is 24.7 Å². The van der Waals surface area contributed by atoms with Gasteiger partial charge in [-0.2, -0.15) is 0 Å². The average Bonchev–Trinajstić information content (AvgIpc) is 3.37. The number of nitrogens with one attached hydrogen (secondary N) is 1. The lowest BCUT2D eigenvalue weighted by Gasteiger charge is -2.00. The van der Waals surface area contributed by atoms with Gasteiger partial charge in [0.2, 0.25) is 5.91 Å². The number of thiazole rings is 1. The number of halogens is 1. The molecule has 3 heterocycles. The van der Waals surface area contributed by atoms with Crippen LogP contribution in [0.15, 0.2) is 64.8 Å². The van der Waals surface area contributed by atoms with Gasteiger partial charge in [-0.15, -0.1) is 11.3 Å². The number of aromatic nitrogens is 3. The number of rotatable bonds is 6. The molecule has 0 spiro atoms. The Morgan fingerprint density at radius 3 is 2.89 bits per heavy atom. The van der Waals surface area contributed by atoms with E-state index in [1.165, 1.54) is 11.3 Å². The number of aryl methyl sites for hydroxylation is 1. The summed E-state index contributed by atoms with van der Waals surface area (Å²) in [7, 11) is 0. The molecule has 8 heteroatoms. The fraction of sp³-hybridized carbons (Fsp3) is 0.100. The molecule has 6 nitrogen and oxygen atoms in total. The molecule has 0 aliphatic carbocycles. The fourth-order valence-corrected chi connectivity index (χ4v) is 3.56. The van der Waals surface area contributed by atoms with E-state index >= 15 is 0 Å². The van der Waals surface area contributed by atoms with Gasteiger partial charge in [-0.25, -0.2) is 9.97 Å². The zero-order valence-corrected chi connectivity index (χ0v) is 16.2. The molecule has 0 aliphatic rings. The molecule has 1 aromatic carbocycles. The Kier molecular flexibility index (Phi) is 5.45. The van der Waals surface area contributed by atoms with Gasteiger partial charge in [0.25, 0.3) is 0 Å². The summed E-state index contributed by atoms with van der Waals surface area (Å²) >= 11 is 7.54. The number of amides is 1. The van der Waals surface area contributed by atoms with Crippen molar-refractivity contribution in [1.82, 2.24) is 15.0 Å². The van der Waals surface area contributed by atoms with Crippen molar-refractivity contribution in [2.24, 2.45) is 0 Å². The lowest BCUT2D eigenvalue weighted by atomic mass is 10.2. The smallest absolute Gasteiger partial charge is 0.226 e. The number of anilines is 1. The first kappa shape index (κ1) is 18.3. The molecular weight excluding hydrogens is 396 g/mol. The highest BCUT2D eigenvalue weighted by atomic mass is 35.5. The highest BCUT2D eigenvalue weighted by molar-refractivity contribution is 7.14. The fourth-order valence-electron chi connectivity index (χ4n) is 2.59. The Morgan fingerprint density at radius 2 is 2.07 bits per heavy atom. The van der Waals surface area contributed by atoms with Crippen molar-refractivity contribution in [2.45, 2.75) is 12.8 Å². The van der Waals surface area contributed by atoms with E-state index in [2.05, 4.69) is 20.3 Å². The third-order valence-electron chi connectivity index (χ3n) is 3.97. The van der Waals surface area contributed by atoms with Gasteiger partial charge in [0.1, 0.15) is 0 Å². The van der Waals surface area contributed by atoms with Crippen LogP contribution in [0.1, 0.15) is 12.3 Å². The molecule has 28 heavy (non-hydrogen) atoms. The molecule has 3 aromatic heterocycles. The summed E-state index contributed by atoms with van der Waals surface area (Å²) in [5.74, 6) is 0.923. The molecule has 1 amide bonds. The molecule has 0 saturated heterocycles. The molecule has 0 aliphatic heterocycles. The van der Waals surface area contributed by atoms with E-state index in [1.807, 2.05) is 35.7 Å². The van der Waals surface area contributed by atoms with E-state index in [0.717, 1.165) is 16.8 Å². The van der Waals surface area contributed by atoms with Crippen LogP contribution in [0.25, 0.3) is 22.6 Å². The summed E-state index contributed by atoms with van der Waals surface area (Å²) < 4.78 is 5.72. The summed E-state index contributed by atoms with van der Waals surface area (Å²) in [6, 6.07) is 11.2. The Hall–Kier alpha value is -3.03. The molecule has 1 N–H and O–H groups in total. The number of carbonyl (C=O) groups excluding carboxylic acids is 1. The second kappa shape index (κ2) is 8.33. The van der Waals surface area contributed by atoms with E-state index in [9.17, 15) is 4.79 Å². The van der Waals surface area contributed by atoms with Crippen molar-refractivity contribution in [1.29, 1.82) is 0 Å². The number of carbonyl (C=O) groups is 1. The highest BCUT2D eigenvalue weighted by Crippen LogP contribution is 2.28. The van der Waals surface area contributed by atoms with Crippen molar-refractivity contribution < 1.29 is 9.21 Å². The number of oxazole rings is 1. The Balaban J connectivity index is 1.34. The topological polar surface area (TPSA) is 80.9 Å². The molecule has 0 radical (unpaired) electrons. The standard InChI is InChI=1S/C20H15ClN4O2S/c21-15-6-2-1-5-14(15)17-11-23-19(27-17)8-7-18(26)25-20-24-16(12-28-20)13-4-3-9-22-10-13/h1-6,9-12H,7-8H2,(H,24,25,26). The normalized spacial score (nSPS) is 10.8. The molecule has 0 unspecified atom stereocenters. The number of pyridine rings is 1. The van der Waals surface area contributed by atoms with Crippen LogP contribution in [-0.4, -0.2) is 20.9 Å². The van der Waals surface area contributed by atoms with Gasteiger partial charge in [-0.1, -0.05) is 23.7 Å². The molecule has 0 saturated carbocycles. The lowest BCUT2D eigenvalue weighted by molar-refractivity contribution is -0.116. The first-order valence-electron chi connectivity index (χ1n) is 8.54. The van der Waals surface area contributed by atoms with Crippen LogP contribution in [-0.2, 0) is 11.2 Å². The second-order valence-electron chi connectivity index (χ2n) is 5.93. The number of hydrogen-bond acceptors (Lipinski definition) is 6. The minimum absolute atomic E-state index is 0.149. The third kappa shape index (κ3) is 4.27. The number of benzene rings is 1. The zero-order chi connectivity index (χ0) is 19.3. The van der Waals surface area contributed by atoms with Crippen molar-refractivity contribution in [3.63, 3.8) is 0 Å². The van der Waals surface area contributed by atoms with Crippen molar-refractivity contribution in [3.05, 3.63) is 71.3 Å². The maximum absolute atomic E-state index is 12.2. The van der Waals surface area contributed by atoms with Crippen LogP contribution in [0, 0.1) is 0 Å². The van der Waals surface area contributed by atoms with Crippen molar-refractivity contribution in [3.8, 4) is 22.6 Å². The summed E-state index contributed by atoms with van der Waals surface area (Å²) in [6.45, 7) is 0. The van der Waals surface area contributed by atoms with Crippen molar-refractivity contribution in [2.75, 3.05) is 5.32 Å². The monoisotopic (exact) mass is 410 g/mol. The summed E-state index contributed by atoms with van der Waals surface area (Å²) in [4.78, 5) is 24.9. The minimum atomic E-state index is -0.149. The van der Waals surface area contributed by atoms with Gasteiger partial charge in [-0.3, -0.25) is 9.78 Å². The second-order valence-corrected chi connectivity index (χ2v) is 7.19. The largest absolute Gasteiger partial charge is 0.441 e. The average molecular weight is 411 g/mol. The summed E-state index contributed by atoms with van der Waals surface area (Å²) in [5.41, 5.74) is 2.47. The van der Waals surface area contributed by atoms with Crippen LogP contribution >= 0.6 is 22.9 Å². The molecule has 4 rings (SSSR count). The quantitative estimate of drug-likeness (QED) is 0.479. The van der Waals surface area contributed by atoms with Crippen LogP contribution in [0.4, 0.5) is 5.13 Å². The molecular formula is C20H15ClN4O2S. The van der Waals surface area contributed by atoms with Gasteiger partial charge < -0.3 is 9.73 Å². The molecule has 0 atom stereocenters. The van der Waals surface area contributed by atoms with Crippen LogP contribution in [0.5, 0.6) is 0 Å². The SMILES string of the molecule is O=C(CCc1ncc(-c2ccccc2Cl)o1)Nc1nc(-c2cccnc2)cs1. The van der Waals surface area contributed by atoms with E-state index < -0.39 is 0 Å². The predicted molar refractivity (Wildman–Crippen MR) is 109 cm³/mol. The zero-order valence-electron chi connectivity index (χ0n) is 14.6. The summed E-state index contributed by atoms with van der Waals surface area (Å²) in [6.07, 6.45) is 5.69. The Bertz CT molecular complexity index is 1090. The van der Waals surface area contributed by atoms with Gasteiger partial charge in [-0.05, 0) is 24.3 Å². The number of hydrogen-bond donors (Lipinski definition) is 1. The molecule has 0 fully saturated rings. The first-order chi connectivity index (χ1) is 13.7. The van der Waals surface area contributed by atoms with E-state index in [4.69, 9.17) is 16.0 Å². The van der Waals surface area contributed by atoms with Gasteiger partial charge >= 0.3 is 0 Å². The van der Waals surface area contributed by atoms with E-state index in [0.29, 0.717) is 28.2 Å². The predicted octanol–water partition coefficient (Wildman–Crippen LogP) is 5.08. The molecule has 0 bridgehead atoms. The molecule has 140 valence electrons. The van der Waals surface area contributed by atoms with Crippen LogP contribution in [0.3, 0.4) is 0 Å². The Labute approximate surface area is 170 Å². The summed E-state index contributed by atoms with van der Waals surface area (Å²) in [5, 5.41) is 5.84. The van der Waals surface area contributed by atoms with Crippen LogP contribution in [0.2, 0.25) is 5.02 Å².